The third-order valence-electron chi connectivity index (χ3n) is 2.35. The molecular weight excluding hydrogens is 188 g/mol. The molecule has 15 heavy (non-hydrogen) atoms. The van der Waals surface area contributed by atoms with Crippen molar-refractivity contribution in [2.75, 3.05) is 6.61 Å². The van der Waals surface area contributed by atoms with Crippen LogP contribution in [0.2, 0.25) is 0 Å². The molecule has 2 heteroatoms. The van der Waals surface area contributed by atoms with Crippen molar-refractivity contribution in [3.63, 3.8) is 0 Å². The molecule has 1 rings (SSSR count). The van der Waals surface area contributed by atoms with Gasteiger partial charge in [-0.25, -0.2) is 0 Å². The lowest BCUT2D eigenvalue weighted by molar-refractivity contribution is -0.145. The number of rotatable bonds is 5. The molecule has 1 atom stereocenters. The van der Waals surface area contributed by atoms with Gasteiger partial charge >= 0.3 is 5.97 Å². The molecule has 0 spiro atoms. The van der Waals surface area contributed by atoms with E-state index in [0.717, 1.165) is 18.4 Å². The number of hydrogen-bond donors (Lipinski definition) is 0. The van der Waals surface area contributed by atoms with Crippen molar-refractivity contribution in [2.45, 2.75) is 32.6 Å². The van der Waals surface area contributed by atoms with Crippen LogP contribution in [-0.2, 0) is 9.53 Å². The van der Waals surface area contributed by atoms with Gasteiger partial charge in [-0.05, 0) is 18.9 Å². The summed E-state index contributed by atoms with van der Waals surface area (Å²) in [6.45, 7) is 4.37. The first kappa shape index (κ1) is 11.8. The van der Waals surface area contributed by atoms with Crippen LogP contribution >= 0.6 is 0 Å². The summed E-state index contributed by atoms with van der Waals surface area (Å²) in [4.78, 5) is 11.7. The van der Waals surface area contributed by atoms with E-state index in [4.69, 9.17) is 4.74 Å². The number of hydrogen-bond acceptors (Lipinski definition) is 2. The highest BCUT2D eigenvalue weighted by atomic mass is 16.5. The summed E-state index contributed by atoms with van der Waals surface area (Å²) in [6.07, 6.45) is 1.83. The van der Waals surface area contributed by atoms with Crippen LogP contribution in [0.5, 0.6) is 0 Å². The van der Waals surface area contributed by atoms with E-state index in [-0.39, 0.29) is 11.9 Å². The maximum Gasteiger partial charge on any atom is 0.313 e. The summed E-state index contributed by atoms with van der Waals surface area (Å²) < 4.78 is 5.07. The Morgan fingerprint density at radius 3 is 2.47 bits per heavy atom. The van der Waals surface area contributed by atoms with Crippen LogP contribution in [0.4, 0.5) is 0 Å². The van der Waals surface area contributed by atoms with Gasteiger partial charge in [0.25, 0.3) is 0 Å². The molecule has 0 aliphatic carbocycles. The molecule has 0 saturated carbocycles. The van der Waals surface area contributed by atoms with Crippen LogP contribution < -0.4 is 0 Å². The Kier molecular flexibility index (Phi) is 4.88. The average molecular weight is 206 g/mol. The summed E-state index contributed by atoms with van der Waals surface area (Å²) in [5.74, 6) is -0.207. The van der Waals surface area contributed by atoms with E-state index >= 15 is 0 Å². The van der Waals surface area contributed by atoms with Crippen LogP contribution in [0.25, 0.3) is 0 Å². The fourth-order valence-corrected chi connectivity index (χ4v) is 1.64. The van der Waals surface area contributed by atoms with Crippen LogP contribution in [-0.4, -0.2) is 12.6 Å². The standard InChI is InChI=1S/C13H18O2/c1-3-8-12(13(14)15-4-2)11-9-6-5-7-10-11/h5-7,9-10,12H,3-4,8H2,1-2H3/t12-/m1/s1. The Morgan fingerprint density at radius 1 is 1.27 bits per heavy atom. The molecule has 0 radical (unpaired) electrons. The fourth-order valence-electron chi connectivity index (χ4n) is 1.64. The molecule has 0 amide bonds. The van der Waals surface area contributed by atoms with E-state index in [1.54, 1.807) is 0 Å². The molecule has 0 aliphatic rings. The lowest BCUT2D eigenvalue weighted by atomic mass is 9.95. The molecule has 0 bridgehead atoms. The summed E-state index contributed by atoms with van der Waals surface area (Å²) in [5.41, 5.74) is 1.05. The third-order valence-corrected chi connectivity index (χ3v) is 2.35. The minimum absolute atomic E-state index is 0.101. The second-order valence-corrected chi connectivity index (χ2v) is 3.50. The average Bonchev–Trinajstić information content (AvgIpc) is 2.27. The van der Waals surface area contributed by atoms with E-state index in [9.17, 15) is 4.79 Å². The van der Waals surface area contributed by atoms with Gasteiger partial charge in [0.15, 0.2) is 0 Å². The lowest BCUT2D eigenvalue weighted by Crippen LogP contribution is -2.15. The lowest BCUT2D eigenvalue weighted by Gasteiger charge is -2.14. The summed E-state index contributed by atoms with van der Waals surface area (Å²) in [6, 6.07) is 9.83. The molecule has 1 aromatic rings. The van der Waals surface area contributed by atoms with Gasteiger partial charge in [-0.3, -0.25) is 4.79 Å². The largest absolute Gasteiger partial charge is 0.466 e. The van der Waals surface area contributed by atoms with E-state index in [1.165, 1.54) is 0 Å². The highest BCUT2D eigenvalue weighted by Gasteiger charge is 2.20. The second-order valence-electron chi connectivity index (χ2n) is 3.50. The maximum atomic E-state index is 11.7. The molecular formula is C13H18O2. The summed E-state index contributed by atoms with van der Waals surface area (Å²) >= 11 is 0. The van der Waals surface area contributed by atoms with Gasteiger partial charge in [-0.1, -0.05) is 43.7 Å². The zero-order chi connectivity index (χ0) is 11.1. The fraction of sp³-hybridized carbons (Fsp3) is 0.462. The van der Waals surface area contributed by atoms with Gasteiger partial charge in [0, 0.05) is 0 Å². The number of benzene rings is 1. The van der Waals surface area contributed by atoms with Crippen LogP contribution in [0.1, 0.15) is 38.2 Å². The molecule has 0 aromatic heterocycles. The zero-order valence-corrected chi connectivity index (χ0v) is 9.40. The Morgan fingerprint density at radius 2 is 1.93 bits per heavy atom. The van der Waals surface area contributed by atoms with Gasteiger partial charge in [0.05, 0.1) is 12.5 Å². The first-order valence-corrected chi connectivity index (χ1v) is 5.51. The van der Waals surface area contributed by atoms with Crippen molar-refractivity contribution in [1.82, 2.24) is 0 Å². The van der Waals surface area contributed by atoms with E-state index in [0.29, 0.717) is 6.61 Å². The van der Waals surface area contributed by atoms with Crippen molar-refractivity contribution in [3.05, 3.63) is 35.9 Å². The molecule has 2 nitrogen and oxygen atoms in total. The van der Waals surface area contributed by atoms with Gasteiger partial charge in [0.1, 0.15) is 0 Å². The molecule has 82 valence electrons. The zero-order valence-electron chi connectivity index (χ0n) is 9.40. The van der Waals surface area contributed by atoms with Crippen molar-refractivity contribution in [3.8, 4) is 0 Å². The van der Waals surface area contributed by atoms with Gasteiger partial charge < -0.3 is 4.74 Å². The predicted molar refractivity (Wildman–Crippen MR) is 60.7 cm³/mol. The molecule has 0 saturated heterocycles. The van der Waals surface area contributed by atoms with Crippen LogP contribution in [0.3, 0.4) is 0 Å². The van der Waals surface area contributed by atoms with Gasteiger partial charge in [-0.15, -0.1) is 0 Å². The normalized spacial score (nSPS) is 12.1. The predicted octanol–water partition coefficient (Wildman–Crippen LogP) is 3.13. The Labute approximate surface area is 91.3 Å². The molecule has 0 N–H and O–H groups in total. The quantitative estimate of drug-likeness (QED) is 0.692. The third kappa shape index (κ3) is 3.39. The number of esters is 1. The van der Waals surface area contributed by atoms with Crippen LogP contribution in [0, 0.1) is 0 Å². The Balaban J connectivity index is 2.78. The maximum absolute atomic E-state index is 11.7. The monoisotopic (exact) mass is 206 g/mol. The highest BCUT2D eigenvalue weighted by molar-refractivity contribution is 5.78. The highest BCUT2D eigenvalue weighted by Crippen LogP contribution is 2.22. The second kappa shape index (κ2) is 6.23. The number of carbonyl (C=O) groups is 1. The van der Waals surface area contributed by atoms with Crippen molar-refractivity contribution in [1.29, 1.82) is 0 Å². The summed E-state index contributed by atoms with van der Waals surface area (Å²) in [7, 11) is 0. The van der Waals surface area contributed by atoms with Gasteiger partial charge in [0.2, 0.25) is 0 Å². The van der Waals surface area contributed by atoms with Crippen molar-refractivity contribution < 1.29 is 9.53 Å². The van der Waals surface area contributed by atoms with Crippen molar-refractivity contribution >= 4 is 5.97 Å². The first-order chi connectivity index (χ1) is 7.29. The smallest absolute Gasteiger partial charge is 0.313 e. The molecule has 0 heterocycles. The van der Waals surface area contributed by atoms with Gasteiger partial charge in [-0.2, -0.15) is 0 Å². The molecule has 0 aliphatic heterocycles. The Hall–Kier alpha value is -1.31. The van der Waals surface area contributed by atoms with Crippen LogP contribution in [0.15, 0.2) is 30.3 Å². The van der Waals surface area contributed by atoms with E-state index in [2.05, 4.69) is 6.92 Å². The first-order valence-electron chi connectivity index (χ1n) is 5.51. The van der Waals surface area contributed by atoms with E-state index < -0.39 is 0 Å². The molecule has 0 fully saturated rings. The molecule has 0 unspecified atom stereocenters. The minimum Gasteiger partial charge on any atom is -0.466 e. The summed E-state index contributed by atoms with van der Waals surface area (Å²) in [5, 5.41) is 0. The number of ether oxygens (including phenoxy) is 1. The SMILES string of the molecule is CCC[C@@H](C(=O)OCC)c1ccccc1. The topological polar surface area (TPSA) is 26.3 Å². The van der Waals surface area contributed by atoms with E-state index in [1.807, 2.05) is 37.3 Å². The minimum atomic E-state index is -0.106. The Bertz CT molecular complexity index is 293. The molecule has 1 aromatic carbocycles. The number of carbonyl (C=O) groups excluding carboxylic acids is 1. The van der Waals surface area contributed by atoms with Crippen molar-refractivity contribution in [2.24, 2.45) is 0 Å².